The van der Waals surface area contributed by atoms with Gasteiger partial charge in [0.1, 0.15) is 0 Å². The first-order valence-corrected chi connectivity index (χ1v) is 11.9. The Kier molecular flexibility index (Phi) is 6.54. The fourth-order valence-electron chi connectivity index (χ4n) is 4.49. The molecule has 1 amide bonds. The van der Waals surface area contributed by atoms with Crippen molar-refractivity contribution in [3.63, 3.8) is 0 Å². The van der Waals surface area contributed by atoms with Crippen molar-refractivity contribution in [2.75, 3.05) is 11.9 Å². The van der Waals surface area contributed by atoms with E-state index in [4.69, 9.17) is 12.2 Å². The highest BCUT2D eigenvalue weighted by Crippen LogP contribution is 2.39. The summed E-state index contributed by atoms with van der Waals surface area (Å²) in [6.07, 6.45) is 7.68. The lowest BCUT2D eigenvalue weighted by atomic mass is 10.0. The van der Waals surface area contributed by atoms with Crippen LogP contribution < -0.4 is 10.6 Å². The molecule has 1 aromatic carbocycles. The number of benzene rings is 1. The second-order valence-corrected chi connectivity index (χ2v) is 8.83. The fraction of sp³-hybridized carbons (Fsp3) is 0.185. The molecule has 3 aromatic heterocycles. The van der Waals surface area contributed by atoms with Crippen LogP contribution in [0.3, 0.4) is 0 Å². The predicted octanol–water partition coefficient (Wildman–Crippen LogP) is 4.58. The Hall–Kier alpha value is -4.04. The van der Waals surface area contributed by atoms with Gasteiger partial charge in [-0.2, -0.15) is 0 Å². The Morgan fingerprint density at radius 3 is 2.60 bits per heavy atom. The number of carbonyl (C=O) groups is 1. The minimum Gasteiger partial charge on any atom is -0.352 e. The monoisotopic (exact) mass is 482 g/mol. The molecule has 8 heteroatoms. The van der Waals surface area contributed by atoms with Crippen molar-refractivity contribution in [1.29, 1.82) is 0 Å². The lowest BCUT2D eigenvalue weighted by molar-refractivity contribution is -0.116. The van der Waals surface area contributed by atoms with Crippen LogP contribution >= 0.6 is 12.2 Å². The zero-order chi connectivity index (χ0) is 24.2. The molecule has 4 aromatic rings. The summed E-state index contributed by atoms with van der Waals surface area (Å²) in [7, 11) is 0. The van der Waals surface area contributed by atoms with Gasteiger partial charge in [-0.3, -0.25) is 14.8 Å². The highest BCUT2D eigenvalue weighted by molar-refractivity contribution is 7.80. The molecule has 1 saturated heterocycles. The molecule has 2 N–H and O–H groups in total. The van der Waals surface area contributed by atoms with Crippen LogP contribution in [-0.2, 0) is 4.79 Å². The van der Waals surface area contributed by atoms with E-state index in [0.29, 0.717) is 18.1 Å². The maximum atomic E-state index is 12.8. The third-order valence-corrected chi connectivity index (χ3v) is 6.57. The molecule has 1 aliphatic heterocycles. The van der Waals surface area contributed by atoms with Crippen LogP contribution in [0.1, 0.15) is 35.5 Å². The molecule has 0 spiro atoms. The van der Waals surface area contributed by atoms with Gasteiger partial charge in [0, 0.05) is 54.8 Å². The number of pyridine rings is 2. The number of carbonyl (C=O) groups excluding carboxylic acids is 1. The van der Waals surface area contributed by atoms with Gasteiger partial charge < -0.3 is 20.1 Å². The average molecular weight is 483 g/mol. The second kappa shape index (κ2) is 10.1. The molecular weight excluding hydrogens is 456 g/mol. The average Bonchev–Trinajstić information content (AvgIpc) is 3.49. The minimum absolute atomic E-state index is 0.0494. The molecule has 0 bridgehead atoms. The van der Waals surface area contributed by atoms with Gasteiger partial charge in [-0.05, 0) is 67.2 Å². The molecule has 176 valence electrons. The van der Waals surface area contributed by atoms with Gasteiger partial charge in [-0.25, -0.2) is 0 Å². The molecule has 0 saturated carbocycles. The summed E-state index contributed by atoms with van der Waals surface area (Å²) < 4.78 is 2.14. The van der Waals surface area contributed by atoms with Crippen LogP contribution in [0.2, 0.25) is 0 Å². The van der Waals surface area contributed by atoms with E-state index in [1.165, 1.54) is 0 Å². The van der Waals surface area contributed by atoms with Crippen LogP contribution in [0.25, 0.3) is 5.69 Å². The van der Waals surface area contributed by atoms with Gasteiger partial charge >= 0.3 is 0 Å². The highest BCUT2D eigenvalue weighted by atomic mass is 32.1. The molecule has 1 fully saturated rings. The lowest BCUT2D eigenvalue weighted by Gasteiger charge is -2.28. The maximum Gasteiger partial charge on any atom is 0.226 e. The lowest BCUT2D eigenvalue weighted by Crippen LogP contribution is -2.33. The number of nitrogens with one attached hydrogen (secondary N) is 2. The maximum absolute atomic E-state index is 12.8. The van der Waals surface area contributed by atoms with E-state index >= 15 is 0 Å². The zero-order valence-corrected chi connectivity index (χ0v) is 20.2. The van der Waals surface area contributed by atoms with Crippen molar-refractivity contribution in [3.8, 4) is 5.69 Å². The van der Waals surface area contributed by atoms with Gasteiger partial charge in [-0.15, -0.1) is 0 Å². The third-order valence-electron chi connectivity index (χ3n) is 6.22. The first-order chi connectivity index (χ1) is 17.1. The number of thiocarbonyl (C=S) groups is 1. The van der Waals surface area contributed by atoms with Crippen molar-refractivity contribution < 1.29 is 4.79 Å². The van der Waals surface area contributed by atoms with Crippen molar-refractivity contribution in [2.24, 2.45) is 0 Å². The summed E-state index contributed by atoms with van der Waals surface area (Å²) in [5.74, 6) is -0.0494. The van der Waals surface area contributed by atoms with E-state index in [2.05, 4.69) is 36.1 Å². The molecular formula is C27H26N6OS. The van der Waals surface area contributed by atoms with Gasteiger partial charge in [-0.1, -0.05) is 24.3 Å². The fourth-order valence-corrected chi connectivity index (χ4v) is 4.82. The second-order valence-electron chi connectivity index (χ2n) is 8.44. The summed E-state index contributed by atoms with van der Waals surface area (Å²) in [6, 6.07) is 21.4. The van der Waals surface area contributed by atoms with Crippen molar-refractivity contribution in [3.05, 3.63) is 108 Å². The Labute approximate surface area is 209 Å². The first kappa shape index (κ1) is 22.7. The number of nitrogens with zero attached hydrogens (tertiary/aromatic N) is 4. The molecule has 0 unspecified atom stereocenters. The summed E-state index contributed by atoms with van der Waals surface area (Å²) >= 11 is 5.77. The molecule has 2 atom stereocenters. The molecule has 0 aliphatic carbocycles. The Bertz CT molecular complexity index is 1320. The Balaban J connectivity index is 1.44. The number of rotatable bonds is 7. The van der Waals surface area contributed by atoms with E-state index < -0.39 is 0 Å². The molecule has 4 heterocycles. The number of amides is 1. The van der Waals surface area contributed by atoms with Gasteiger partial charge in [0.05, 0.1) is 17.8 Å². The van der Waals surface area contributed by atoms with Crippen molar-refractivity contribution in [1.82, 2.24) is 24.8 Å². The van der Waals surface area contributed by atoms with Crippen molar-refractivity contribution >= 4 is 28.9 Å². The van der Waals surface area contributed by atoms with Gasteiger partial charge in [0.2, 0.25) is 5.91 Å². The first-order valence-electron chi connectivity index (χ1n) is 11.5. The summed E-state index contributed by atoms with van der Waals surface area (Å²) in [6.45, 7) is 2.45. The number of hydrogen-bond acceptors (Lipinski definition) is 4. The number of aromatic nitrogens is 3. The topological polar surface area (TPSA) is 75.1 Å². The van der Waals surface area contributed by atoms with E-state index in [0.717, 1.165) is 28.3 Å². The molecule has 35 heavy (non-hydrogen) atoms. The van der Waals surface area contributed by atoms with Crippen LogP contribution in [0.5, 0.6) is 0 Å². The standard InChI is InChI=1S/C27H26N6OS/c1-19-7-2-3-8-21(19)30-24(34)13-18-33-26(25(31-27(33)35)22-9-4-5-14-29-22)23-10-6-17-32(23)20-11-15-28-16-12-20/h2-12,14-17,25-26H,13,18H2,1H3,(H,30,34)(H,31,35)/t25-,26-/m1/s1. The zero-order valence-electron chi connectivity index (χ0n) is 19.3. The molecule has 1 aliphatic rings. The quantitative estimate of drug-likeness (QED) is 0.376. The Morgan fingerprint density at radius 2 is 1.83 bits per heavy atom. The summed E-state index contributed by atoms with van der Waals surface area (Å²) in [4.78, 5) is 23.7. The van der Waals surface area contributed by atoms with Crippen LogP contribution in [0.15, 0.2) is 91.5 Å². The number of hydrogen-bond donors (Lipinski definition) is 2. The SMILES string of the molecule is Cc1ccccc1NC(=O)CCN1C(=S)N[C@H](c2ccccn2)[C@H]1c1cccn1-c1ccncc1. The predicted molar refractivity (Wildman–Crippen MR) is 140 cm³/mol. The van der Waals surface area contributed by atoms with Crippen molar-refractivity contribution in [2.45, 2.75) is 25.4 Å². The number of anilines is 1. The molecule has 0 radical (unpaired) electrons. The Morgan fingerprint density at radius 1 is 1.03 bits per heavy atom. The summed E-state index contributed by atoms with van der Waals surface area (Å²) in [5, 5.41) is 7.09. The van der Waals surface area contributed by atoms with Crippen LogP contribution in [0.4, 0.5) is 5.69 Å². The number of aryl methyl sites for hydroxylation is 1. The largest absolute Gasteiger partial charge is 0.352 e. The van der Waals surface area contributed by atoms with Crippen LogP contribution in [0, 0.1) is 6.92 Å². The summed E-state index contributed by atoms with van der Waals surface area (Å²) in [5.41, 5.74) is 4.82. The molecule has 5 rings (SSSR count). The third kappa shape index (κ3) is 4.79. The van der Waals surface area contributed by atoms with E-state index in [-0.39, 0.29) is 18.0 Å². The van der Waals surface area contributed by atoms with Gasteiger partial charge in [0.15, 0.2) is 5.11 Å². The van der Waals surface area contributed by atoms with E-state index in [9.17, 15) is 4.79 Å². The van der Waals surface area contributed by atoms with E-state index in [1.54, 1.807) is 18.6 Å². The highest BCUT2D eigenvalue weighted by Gasteiger charge is 2.41. The number of para-hydroxylation sites is 1. The minimum atomic E-state index is -0.154. The normalized spacial score (nSPS) is 17.3. The molecule has 7 nitrogen and oxygen atoms in total. The van der Waals surface area contributed by atoms with E-state index in [1.807, 2.05) is 73.8 Å². The van der Waals surface area contributed by atoms with Crippen LogP contribution in [-0.4, -0.2) is 37.0 Å². The van der Waals surface area contributed by atoms with Gasteiger partial charge in [0.25, 0.3) is 0 Å². The smallest absolute Gasteiger partial charge is 0.226 e.